The molecular formula is C19H32F3IN6O. The SMILES string of the molecule is CCNC(=NCC(C)(C)N1CCOCC1)NCCNc1ncccc1C(F)(F)F.I. The van der Waals surface area contributed by atoms with Gasteiger partial charge in [-0.15, -0.1) is 24.0 Å². The van der Waals surface area contributed by atoms with Gasteiger partial charge in [-0.3, -0.25) is 9.89 Å². The Kier molecular flexibility index (Phi) is 11.1. The number of hydrogen-bond acceptors (Lipinski definition) is 5. The summed E-state index contributed by atoms with van der Waals surface area (Å²) >= 11 is 0. The van der Waals surface area contributed by atoms with E-state index in [2.05, 4.69) is 44.7 Å². The van der Waals surface area contributed by atoms with Gasteiger partial charge in [-0.05, 0) is 32.9 Å². The number of guanidine groups is 1. The highest BCUT2D eigenvalue weighted by Crippen LogP contribution is 2.33. The van der Waals surface area contributed by atoms with Gasteiger partial charge >= 0.3 is 6.18 Å². The molecule has 1 aliphatic heterocycles. The number of aromatic nitrogens is 1. The van der Waals surface area contributed by atoms with Crippen LogP contribution in [0.5, 0.6) is 0 Å². The van der Waals surface area contributed by atoms with Gasteiger partial charge in [0.1, 0.15) is 5.82 Å². The third kappa shape index (κ3) is 8.42. The Bertz CT molecular complexity index is 666. The van der Waals surface area contributed by atoms with Crippen LogP contribution in [-0.2, 0) is 10.9 Å². The summed E-state index contributed by atoms with van der Waals surface area (Å²) in [6.07, 6.45) is -3.10. The van der Waals surface area contributed by atoms with Gasteiger partial charge < -0.3 is 20.7 Å². The maximum Gasteiger partial charge on any atom is 0.419 e. The number of rotatable bonds is 8. The van der Waals surface area contributed by atoms with Crippen molar-refractivity contribution in [2.24, 2.45) is 4.99 Å². The van der Waals surface area contributed by atoms with E-state index < -0.39 is 11.7 Å². The molecule has 1 fully saturated rings. The number of alkyl halides is 3. The van der Waals surface area contributed by atoms with Gasteiger partial charge in [0.05, 0.1) is 25.3 Å². The maximum absolute atomic E-state index is 13.0. The number of pyridine rings is 1. The Morgan fingerprint density at radius 3 is 2.53 bits per heavy atom. The third-order valence-corrected chi connectivity index (χ3v) is 4.66. The number of aliphatic imine (C=N–C) groups is 1. The summed E-state index contributed by atoms with van der Waals surface area (Å²) in [5, 5.41) is 9.06. The second kappa shape index (κ2) is 12.5. The molecule has 1 aromatic rings. The molecule has 1 saturated heterocycles. The number of nitrogens with one attached hydrogen (secondary N) is 3. The van der Waals surface area contributed by atoms with Crippen LogP contribution in [0.2, 0.25) is 0 Å². The number of hydrogen-bond donors (Lipinski definition) is 3. The topological polar surface area (TPSA) is 73.8 Å². The molecule has 0 radical (unpaired) electrons. The van der Waals surface area contributed by atoms with Crippen molar-refractivity contribution < 1.29 is 17.9 Å². The fraction of sp³-hybridized carbons (Fsp3) is 0.684. The molecule has 0 atom stereocenters. The van der Waals surface area contributed by atoms with E-state index in [1.165, 1.54) is 12.3 Å². The number of nitrogens with zero attached hydrogens (tertiary/aromatic N) is 3. The minimum Gasteiger partial charge on any atom is -0.379 e. The van der Waals surface area contributed by atoms with Gasteiger partial charge in [-0.2, -0.15) is 13.2 Å². The predicted octanol–water partition coefficient (Wildman–Crippen LogP) is 2.80. The maximum atomic E-state index is 13.0. The highest BCUT2D eigenvalue weighted by Gasteiger charge is 2.34. The molecule has 7 nitrogen and oxygen atoms in total. The molecule has 172 valence electrons. The summed E-state index contributed by atoms with van der Waals surface area (Å²) in [7, 11) is 0. The van der Waals surface area contributed by atoms with Gasteiger partial charge in [0.15, 0.2) is 5.96 Å². The van der Waals surface area contributed by atoms with Gasteiger partial charge in [0.2, 0.25) is 0 Å². The number of anilines is 1. The van der Waals surface area contributed by atoms with Crippen LogP contribution < -0.4 is 16.0 Å². The molecule has 0 saturated carbocycles. The minimum absolute atomic E-state index is 0. The summed E-state index contributed by atoms with van der Waals surface area (Å²) < 4.78 is 44.5. The van der Waals surface area contributed by atoms with Gasteiger partial charge in [0.25, 0.3) is 0 Å². The molecule has 2 rings (SSSR count). The van der Waals surface area contributed by atoms with Gasteiger partial charge in [-0.1, -0.05) is 0 Å². The van der Waals surface area contributed by atoms with Crippen LogP contribution >= 0.6 is 24.0 Å². The van der Waals surface area contributed by atoms with Crippen molar-refractivity contribution >= 4 is 35.8 Å². The minimum atomic E-state index is -4.44. The van der Waals surface area contributed by atoms with E-state index in [-0.39, 0.29) is 41.9 Å². The number of ether oxygens (including phenoxy) is 1. The second-order valence-corrected chi connectivity index (χ2v) is 7.36. The molecule has 0 amide bonds. The Balaban J connectivity index is 0.00000450. The zero-order chi connectivity index (χ0) is 21.3. The molecule has 0 aromatic carbocycles. The quantitative estimate of drug-likeness (QED) is 0.203. The van der Waals surface area contributed by atoms with Crippen molar-refractivity contribution in [3.8, 4) is 0 Å². The lowest BCUT2D eigenvalue weighted by molar-refractivity contribution is -0.137. The summed E-state index contributed by atoms with van der Waals surface area (Å²) in [6.45, 7) is 11.4. The van der Waals surface area contributed by atoms with E-state index in [9.17, 15) is 13.2 Å². The van der Waals surface area contributed by atoms with Crippen molar-refractivity contribution in [1.82, 2.24) is 20.5 Å². The third-order valence-electron chi connectivity index (χ3n) is 4.66. The first kappa shape index (κ1) is 26.7. The van der Waals surface area contributed by atoms with Crippen LogP contribution in [0, 0.1) is 0 Å². The fourth-order valence-electron chi connectivity index (χ4n) is 3.02. The molecule has 1 aromatic heterocycles. The Labute approximate surface area is 193 Å². The fourth-order valence-corrected chi connectivity index (χ4v) is 3.02. The summed E-state index contributed by atoms with van der Waals surface area (Å²) in [4.78, 5) is 10.8. The van der Waals surface area contributed by atoms with Crippen LogP contribution in [0.25, 0.3) is 0 Å². The summed E-state index contributed by atoms with van der Waals surface area (Å²) in [5.41, 5.74) is -0.882. The van der Waals surface area contributed by atoms with E-state index in [1.54, 1.807) is 0 Å². The average molecular weight is 544 g/mol. The van der Waals surface area contributed by atoms with Crippen LogP contribution in [-0.4, -0.2) is 73.9 Å². The Morgan fingerprint density at radius 2 is 1.90 bits per heavy atom. The molecule has 0 aliphatic carbocycles. The lowest BCUT2D eigenvalue weighted by Crippen LogP contribution is -2.52. The monoisotopic (exact) mass is 544 g/mol. The largest absolute Gasteiger partial charge is 0.419 e. The van der Waals surface area contributed by atoms with E-state index in [0.717, 1.165) is 32.4 Å². The van der Waals surface area contributed by atoms with Crippen molar-refractivity contribution in [3.63, 3.8) is 0 Å². The van der Waals surface area contributed by atoms with Crippen molar-refractivity contribution in [3.05, 3.63) is 23.9 Å². The molecule has 0 bridgehead atoms. The average Bonchev–Trinajstić information content (AvgIpc) is 2.69. The molecule has 1 aliphatic rings. The van der Waals surface area contributed by atoms with Gasteiger partial charge in [0, 0.05) is 44.5 Å². The van der Waals surface area contributed by atoms with Gasteiger partial charge in [-0.25, -0.2) is 4.98 Å². The van der Waals surface area contributed by atoms with E-state index in [0.29, 0.717) is 25.6 Å². The first-order valence-electron chi connectivity index (χ1n) is 9.85. The van der Waals surface area contributed by atoms with Crippen LogP contribution in [0.15, 0.2) is 23.3 Å². The van der Waals surface area contributed by atoms with Crippen LogP contribution in [0.1, 0.15) is 26.3 Å². The van der Waals surface area contributed by atoms with Crippen LogP contribution in [0.4, 0.5) is 19.0 Å². The lowest BCUT2D eigenvalue weighted by atomic mass is 10.0. The van der Waals surface area contributed by atoms with E-state index in [1.807, 2.05) is 6.92 Å². The summed E-state index contributed by atoms with van der Waals surface area (Å²) in [5.74, 6) is 0.463. The predicted molar refractivity (Wildman–Crippen MR) is 124 cm³/mol. The molecule has 11 heteroatoms. The molecule has 30 heavy (non-hydrogen) atoms. The molecule has 2 heterocycles. The van der Waals surface area contributed by atoms with Crippen LogP contribution in [0.3, 0.4) is 0 Å². The van der Waals surface area contributed by atoms with E-state index in [4.69, 9.17) is 4.74 Å². The van der Waals surface area contributed by atoms with Crippen molar-refractivity contribution in [2.45, 2.75) is 32.5 Å². The molecule has 0 unspecified atom stereocenters. The highest BCUT2D eigenvalue weighted by molar-refractivity contribution is 14.0. The first-order chi connectivity index (χ1) is 13.7. The standard InChI is InChI=1S/C19H31F3N6O.HI/c1-4-23-17(27-14-18(2,3)28-10-12-29-13-11-28)26-9-8-25-16-15(19(20,21)22)6-5-7-24-16;/h5-7H,4,8-14H2,1-3H3,(H,24,25)(H2,23,26,27);1H. The first-order valence-corrected chi connectivity index (χ1v) is 9.85. The highest BCUT2D eigenvalue weighted by atomic mass is 127. The Hall–Kier alpha value is -1.34. The normalized spacial score (nSPS) is 16.0. The summed E-state index contributed by atoms with van der Waals surface area (Å²) in [6, 6.07) is 2.29. The Morgan fingerprint density at radius 1 is 1.20 bits per heavy atom. The lowest BCUT2D eigenvalue weighted by Gasteiger charge is -2.39. The number of halogens is 4. The zero-order valence-corrected chi connectivity index (χ0v) is 20.0. The second-order valence-electron chi connectivity index (χ2n) is 7.36. The molecular weight excluding hydrogens is 512 g/mol. The van der Waals surface area contributed by atoms with E-state index >= 15 is 0 Å². The molecule has 0 spiro atoms. The zero-order valence-electron chi connectivity index (χ0n) is 17.7. The smallest absolute Gasteiger partial charge is 0.379 e. The van der Waals surface area contributed by atoms with Crippen molar-refractivity contribution in [1.29, 1.82) is 0 Å². The molecule has 3 N–H and O–H groups in total. The van der Waals surface area contributed by atoms with Crippen molar-refractivity contribution in [2.75, 3.05) is 57.8 Å². The number of morpholine rings is 1.